The number of rotatable bonds is 5. The maximum Gasteiger partial charge on any atom is 0.238 e. The molecule has 1 fully saturated rings. The van der Waals surface area contributed by atoms with Crippen LogP contribution in [0.3, 0.4) is 0 Å². The van der Waals surface area contributed by atoms with Crippen LogP contribution >= 0.6 is 0 Å². The third-order valence-electron chi connectivity index (χ3n) is 4.26. The molecule has 1 aliphatic carbocycles. The average molecular weight is 290 g/mol. The van der Waals surface area contributed by atoms with Crippen LogP contribution in [0.4, 0.5) is 5.69 Å². The second-order valence-electron chi connectivity index (χ2n) is 6.42. The van der Waals surface area contributed by atoms with Gasteiger partial charge in [-0.2, -0.15) is 0 Å². The van der Waals surface area contributed by atoms with E-state index in [1.807, 2.05) is 44.0 Å². The molecule has 2 N–H and O–H groups in total. The smallest absolute Gasteiger partial charge is 0.238 e. The first-order chi connectivity index (χ1) is 9.89. The van der Waals surface area contributed by atoms with Gasteiger partial charge in [0, 0.05) is 12.2 Å². The summed E-state index contributed by atoms with van der Waals surface area (Å²) in [6.45, 7) is 4.85. The molecule has 1 aromatic rings. The van der Waals surface area contributed by atoms with Crippen molar-refractivity contribution in [1.29, 1.82) is 0 Å². The zero-order valence-electron chi connectivity index (χ0n) is 13.3. The van der Waals surface area contributed by atoms with Crippen LogP contribution in [0.5, 0.6) is 0 Å². The van der Waals surface area contributed by atoms with Crippen molar-refractivity contribution in [2.45, 2.75) is 45.1 Å². The Morgan fingerprint density at radius 2 is 1.86 bits per heavy atom. The van der Waals surface area contributed by atoms with Crippen molar-refractivity contribution < 1.29 is 9.90 Å². The Balaban J connectivity index is 1.89. The zero-order chi connectivity index (χ0) is 15.5. The molecule has 0 aromatic heterocycles. The Morgan fingerprint density at radius 1 is 1.29 bits per heavy atom. The Morgan fingerprint density at radius 3 is 2.43 bits per heavy atom. The lowest BCUT2D eigenvalue weighted by Crippen LogP contribution is -2.42. The van der Waals surface area contributed by atoms with Crippen molar-refractivity contribution in [1.82, 2.24) is 4.90 Å². The summed E-state index contributed by atoms with van der Waals surface area (Å²) in [6, 6.07) is 5.98. The van der Waals surface area contributed by atoms with Crippen LogP contribution in [0.15, 0.2) is 18.2 Å². The molecule has 1 amide bonds. The third kappa shape index (κ3) is 4.29. The predicted octanol–water partition coefficient (Wildman–Crippen LogP) is 2.48. The number of carbonyl (C=O) groups excluding carboxylic acids is 1. The molecule has 0 radical (unpaired) electrons. The highest BCUT2D eigenvalue weighted by molar-refractivity contribution is 5.93. The summed E-state index contributed by atoms with van der Waals surface area (Å²) in [5, 5.41) is 13.4. The number of nitrogens with one attached hydrogen (secondary N) is 1. The molecular formula is C17H26N2O2. The molecule has 0 saturated heterocycles. The molecule has 116 valence electrons. The minimum atomic E-state index is -0.604. The SMILES string of the molecule is Cc1cccc(C)c1NC(=O)CN(C)CC1(O)CCCC1. The number of hydrogen-bond acceptors (Lipinski definition) is 3. The van der Waals surface area contributed by atoms with Crippen LogP contribution in [-0.2, 0) is 4.79 Å². The maximum atomic E-state index is 12.2. The van der Waals surface area contributed by atoms with E-state index >= 15 is 0 Å². The fourth-order valence-electron chi connectivity index (χ4n) is 3.19. The van der Waals surface area contributed by atoms with Gasteiger partial charge in [0.1, 0.15) is 0 Å². The van der Waals surface area contributed by atoms with E-state index in [0.717, 1.165) is 42.5 Å². The van der Waals surface area contributed by atoms with Gasteiger partial charge in [0.15, 0.2) is 0 Å². The van der Waals surface area contributed by atoms with E-state index in [9.17, 15) is 9.90 Å². The largest absolute Gasteiger partial charge is 0.389 e. The molecule has 0 spiro atoms. The summed E-state index contributed by atoms with van der Waals surface area (Å²) in [6.07, 6.45) is 3.85. The highest BCUT2D eigenvalue weighted by Crippen LogP contribution is 2.29. The minimum Gasteiger partial charge on any atom is -0.389 e. The lowest BCUT2D eigenvalue weighted by atomic mass is 10.0. The number of nitrogens with zero attached hydrogens (tertiary/aromatic N) is 1. The summed E-state index contributed by atoms with van der Waals surface area (Å²) in [5.41, 5.74) is 2.43. The van der Waals surface area contributed by atoms with Gasteiger partial charge < -0.3 is 10.4 Å². The highest BCUT2D eigenvalue weighted by atomic mass is 16.3. The van der Waals surface area contributed by atoms with Crippen LogP contribution in [0.25, 0.3) is 0 Å². The van der Waals surface area contributed by atoms with Crippen LogP contribution in [0.1, 0.15) is 36.8 Å². The number of anilines is 1. The molecule has 21 heavy (non-hydrogen) atoms. The van der Waals surface area contributed by atoms with Gasteiger partial charge in [-0.15, -0.1) is 0 Å². The fourth-order valence-corrected chi connectivity index (χ4v) is 3.19. The number of likely N-dealkylation sites (N-methyl/N-ethyl adjacent to an activating group) is 1. The second kappa shape index (κ2) is 6.58. The predicted molar refractivity (Wildman–Crippen MR) is 85.5 cm³/mol. The molecule has 0 atom stereocenters. The lowest BCUT2D eigenvalue weighted by Gasteiger charge is -2.28. The Kier molecular flexibility index (Phi) is 5.01. The summed E-state index contributed by atoms with van der Waals surface area (Å²) in [5.74, 6) is -0.0310. The molecule has 2 rings (SSSR count). The van der Waals surface area contributed by atoms with Gasteiger partial charge in [0.05, 0.1) is 12.1 Å². The van der Waals surface area contributed by atoms with Crippen molar-refractivity contribution in [3.05, 3.63) is 29.3 Å². The van der Waals surface area contributed by atoms with E-state index < -0.39 is 5.60 Å². The summed E-state index contributed by atoms with van der Waals surface area (Å²) >= 11 is 0. The molecule has 4 nitrogen and oxygen atoms in total. The first-order valence-electron chi connectivity index (χ1n) is 7.67. The van der Waals surface area contributed by atoms with E-state index in [2.05, 4.69) is 5.32 Å². The number of carbonyl (C=O) groups is 1. The van der Waals surface area contributed by atoms with Gasteiger partial charge >= 0.3 is 0 Å². The normalized spacial score (nSPS) is 17.2. The van der Waals surface area contributed by atoms with Crippen molar-refractivity contribution in [3.8, 4) is 0 Å². The van der Waals surface area contributed by atoms with Crippen molar-refractivity contribution in [2.24, 2.45) is 0 Å². The Labute approximate surface area is 127 Å². The van der Waals surface area contributed by atoms with Gasteiger partial charge in [-0.25, -0.2) is 0 Å². The number of hydrogen-bond donors (Lipinski definition) is 2. The Bertz CT molecular complexity index is 487. The molecule has 1 saturated carbocycles. The average Bonchev–Trinajstić information content (AvgIpc) is 2.80. The first-order valence-corrected chi connectivity index (χ1v) is 7.67. The minimum absolute atomic E-state index is 0.0310. The molecule has 0 bridgehead atoms. The lowest BCUT2D eigenvalue weighted by molar-refractivity contribution is -0.117. The quantitative estimate of drug-likeness (QED) is 0.876. The van der Waals surface area contributed by atoms with Gasteiger partial charge in [-0.3, -0.25) is 9.69 Å². The van der Waals surface area contributed by atoms with Crippen molar-refractivity contribution >= 4 is 11.6 Å². The van der Waals surface area contributed by atoms with Gasteiger partial charge in [-0.05, 0) is 44.9 Å². The third-order valence-corrected chi connectivity index (χ3v) is 4.26. The van der Waals surface area contributed by atoms with Gasteiger partial charge in [0.2, 0.25) is 5.91 Å². The number of aryl methyl sites for hydroxylation is 2. The van der Waals surface area contributed by atoms with E-state index in [-0.39, 0.29) is 5.91 Å². The molecule has 0 heterocycles. The summed E-state index contributed by atoms with van der Waals surface area (Å²) in [7, 11) is 1.89. The molecule has 1 aromatic carbocycles. The molecule has 4 heteroatoms. The standard InChI is InChI=1S/C17H26N2O2/c1-13-7-6-8-14(2)16(13)18-15(20)11-19(3)12-17(21)9-4-5-10-17/h6-8,21H,4-5,9-12H2,1-3H3,(H,18,20). The van der Waals surface area contributed by atoms with Crippen molar-refractivity contribution in [2.75, 3.05) is 25.5 Å². The fraction of sp³-hybridized carbons (Fsp3) is 0.588. The molecule has 0 unspecified atom stereocenters. The van der Waals surface area contributed by atoms with E-state index in [1.165, 1.54) is 0 Å². The Hall–Kier alpha value is -1.39. The highest BCUT2D eigenvalue weighted by Gasteiger charge is 2.32. The number of amides is 1. The second-order valence-corrected chi connectivity index (χ2v) is 6.42. The molecule has 0 aliphatic heterocycles. The number of benzene rings is 1. The van der Waals surface area contributed by atoms with Crippen LogP contribution in [0.2, 0.25) is 0 Å². The zero-order valence-corrected chi connectivity index (χ0v) is 13.3. The van der Waals surface area contributed by atoms with E-state index in [0.29, 0.717) is 13.1 Å². The van der Waals surface area contributed by atoms with Crippen LogP contribution < -0.4 is 5.32 Å². The van der Waals surface area contributed by atoms with E-state index in [4.69, 9.17) is 0 Å². The van der Waals surface area contributed by atoms with E-state index in [1.54, 1.807) is 0 Å². The number of aliphatic hydroxyl groups is 1. The maximum absolute atomic E-state index is 12.2. The summed E-state index contributed by atoms with van der Waals surface area (Å²) in [4.78, 5) is 14.1. The van der Waals surface area contributed by atoms with Crippen LogP contribution in [0, 0.1) is 13.8 Å². The number of para-hydroxylation sites is 1. The summed E-state index contributed by atoms with van der Waals surface area (Å²) < 4.78 is 0. The van der Waals surface area contributed by atoms with Gasteiger partial charge in [0.25, 0.3) is 0 Å². The molecular weight excluding hydrogens is 264 g/mol. The monoisotopic (exact) mass is 290 g/mol. The van der Waals surface area contributed by atoms with Crippen molar-refractivity contribution in [3.63, 3.8) is 0 Å². The van der Waals surface area contributed by atoms with Crippen LogP contribution in [-0.4, -0.2) is 41.7 Å². The topological polar surface area (TPSA) is 52.6 Å². The van der Waals surface area contributed by atoms with Gasteiger partial charge in [-0.1, -0.05) is 31.0 Å². The molecule has 1 aliphatic rings. The first kappa shape index (κ1) is 16.0.